The molecular formula is C15H21NO2S. The Labute approximate surface area is 118 Å². The maximum Gasteiger partial charge on any atom is 0.410 e. The van der Waals surface area contributed by atoms with Gasteiger partial charge in [-0.25, -0.2) is 4.79 Å². The SMILES string of the molecule is CC(C)(C)OC(=O)N1C[C@@H]1CC/C=C/c1ccsc1. The van der Waals surface area contributed by atoms with Gasteiger partial charge in [0.25, 0.3) is 0 Å². The molecule has 1 aromatic rings. The Hall–Kier alpha value is -1.29. The van der Waals surface area contributed by atoms with Gasteiger partial charge in [-0.05, 0) is 56.0 Å². The summed E-state index contributed by atoms with van der Waals surface area (Å²) in [5.41, 5.74) is 0.855. The van der Waals surface area contributed by atoms with E-state index in [1.807, 2.05) is 20.8 Å². The molecule has 2 rings (SSSR count). The number of hydrogen-bond acceptors (Lipinski definition) is 3. The average Bonchev–Trinajstić information content (AvgIpc) is 2.89. The van der Waals surface area contributed by atoms with Crippen molar-refractivity contribution in [3.05, 3.63) is 28.5 Å². The smallest absolute Gasteiger partial charge is 0.410 e. The summed E-state index contributed by atoms with van der Waals surface area (Å²) in [5.74, 6) is 0. The molecule has 0 N–H and O–H groups in total. The first-order valence-electron chi connectivity index (χ1n) is 6.64. The quantitative estimate of drug-likeness (QED) is 0.774. The molecule has 1 amide bonds. The second-order valence-electron chi connectivity index (χ2n) is 5.82. The van der Waals surface area contributed by atoms with E-state index in [1.54, 1.807) is 16.2 Å². The van der Waals surface area contributed by atoms with Crippen molar-refractivity contribution in [3.8, 4) is 0 Å². The molecule has 1 aromatic heterocycles. The Kier molecular flexibility index (Phi) is 4.30. The minimum atomic E-state index is -0.400. The Bertz CT molecular complexity index is 445. The average molecular weight is 279 g/mol. The van der Waals surface area contributed by atoms with Crippen molar-refractivity contribution in [2.45, 2.75) is 45.3 Å². The maximum atomic E-state index is 11.7. The van der Waals surface area contributed by atoms with Crippen LogP contribution in [0.1, 0.15) is 39.2 Å². The first kappa shape index (κ1) is 14.1. The Morgan fingerprint density at radius 2 is 2.37 bits per heavy atom. The summed E-state index contributed by atoms with van der Waals surface area (Å²) in [6.07, 6.45) is 6.14. The molecule has 19 heavy (non-hydrogen) atoms. The molecule has 0 radical (unpaired) electrons. The molecule has 0 aliphatic carbocycles. The monoisotopic (exact) mass is 279 g/mol. The summed E-state index contributed by atoms with van der Waals surface area (Å²) in [6, 6.07) is 2.47. The molecule has 1 atom stereocenters. The normalized spacial score (nSPS) is 18.9. The molecule has 3 nitrogen and oxygen atoms in total. The molecule has 0 spiro atoms. The van der Waals surface area contributed by atoms with E-state index in [-0.39, 0.29) is 6.09 Å². The Balaban J connectivity index is 1.66. The number of carbonyl (C=O) groups excluding carboxylic acids is 1. The molecule has 0 saturated carbocycles. The summed E-state index contributed by atoms with van der Waals surface area (Å²) in [6.45, 7) is 6.52. The van der Waals surface area contributed by atoms with Gasteiger partial charge < -0.3 is 9.64 Å². The van der Waals surface area contributed by atoms with Crippen molar-refractivity contribution in [2.75, 3.05) is 6.54 Å². The zero-order valence-electron chi connectivity index (χ0n) is 11.8. The Morgan fingerprint density at radius 3 is 3.00 bits per heavy atom. The zero-order valence-corrected chi connectivity index (χ0v) is 12.6. The molecule has 1 saturated heterocycles. The summed E-state index contributed by atoms with van der Waals surface area (Å²) >= 11 is 1.71. The highest BCUT2D eigenvalue weighted by Gasteiger charge is 2.40. The second kappa shape index (κ2) is 5.78. The summed E-state index contributed by atoms with van der Waals surface area (Å²) in [4.78, 5) is 13.5. The van der Waals surface area contributed by atoms with Crippen molar-refractivity contribution < 1.29 is 9.53 Å². The molecule has 1 aliphatic rings. The van der Waals surface area contributed by atoms with Gasteiger partial charge in [-0.2, -0.15) is 11.3 Å². The van der Waals surface area contributed by atoms with Crippen molar-refractivity contribution in [1.29, 1.82) is 0 Å². The molecule has 0 aromatic carbocycles. The number of nitrogens with zero attached hydrogens (tertiary/aromatic N) is 1. The van der Waals surface area contributed by atoms with Crippen molar-refractivity contribution in [2.24, 2.45) is 0 Å². The summed E-state index contributed by atoms with van der Waals surface area (Å²) in [5, 5.41) is 4.20. The molecule has 0 unspecified atom stereocenters. The van der Waals surface area contributed by atoms with E-state index in [1.165, 1.54) is 5.56 Å². The van der Waals surface area contributed by atoms with Gasteiger partial charge in [0.1, 0.15) is 5.60 Å². The van der Waals surface area contributed by atoms with Gasteiger partial charge in [0.2, 0.25) is 0 Å². The van der Waals surface area contributed by atoms with Crippen LogP contribution in [-0.4, -0.2) is 29.2 Å². The third-order valence-corrected chi connectivity index (χ3v) is 3.56. The predicted octanol–water partition coefficient (Wildman–Crippen LogP) is 4.16. The van der Waals surface area contributed by atoms with Crippen LogP contribution in [0.4, 0.5) is 4.79 Å². The minimum Gasteiger partial charge on any atom is -0.444 e. The first-order valence-corrected chi connectivity index (χ1v) is 7.58. The van der Waals surface area contributed by atoms with Crippen LogP contribution in [0, 0.1) is 0 Å². The van der Waals surface area contributed by atoms with Gasteiger partial charge in [-0.3, -0.25) is 0 Å². The number of thiophene rings is 1. The highest BCUT2D eigenvalue weighted by Crippen LogP contribution is 2.25. The highest BCUT2D eigenvalue weighted by atomic mass is 32.1. The fraction of sp³-hybridized carbons (Fsp3) is 0.533. The van der Waals surface area contributed by atoms with E-state index in [2.05, 4.69) is 29.0 Å². The largest absolute Gasteiger partial charge is 0.444 e. The van der Waals surface area contributed by atoms with Crippen LogP contribution in [0.3, 0.4) is 0 Å². The van der Waals surface area contributed by atoms with Gasteiger partial charge in [0.15, 0.2) is 0 Å². The molecule has 1 fully saturated rings. The van der Waals surface area contributed by atoms with E-state index in [0.29, 0.717) is 6.04 Å². The van der Waals surface area contributed by atoms with Gasteiger partial charge >= 0.3 is 6.09 Å². The van der Waals surface area contributed by atoms with Crippen LogP contribution in [0.15, 0.2) is 22.9 Å². The number of allylic oxidation sites excluding steroid dienone is 1. The topological polar surface area (TPSA) is 29.3 Å². The van der Waals surface area contributed by atoms with Crippen molar-refractivity contribution in [1.82, 2.24) is 4.90 Å². The highest BCUT2D eigenvalue weighted by molar-refractivity contribution is 7.08. The van der Waals surface area contributed by atoms with E-state index in [4.69, 9.17) is 4.74 Å². The summed E-state index contributed by atoms with van der Waals surface area (Å²) < 4.78 is 5.33. The van der Waals surface area contributed by atoms with Crippen molar-refractivity contribution in [3.63, 3.8) is 0 Å². The van der Waals surface area contributed by atoms with E-state index in [0.717, 1.165) is 19.4 Å². The molecule has 0 bridgehead atoms. The van der Waals surface area contributed by atoms with E-state index < -0.39 is 5.60 Å². The zero-order chi connectivity index (χ0) is 13.9. The molecule has 2 heterocycles. The van der Waals surface area contributed by atoms with Gasteiger partial charge in [0.05, 0.1) is 6.04 Å². The van der Waals surface area contributed by atoms with Gasteiger partial charge in [0, 0.05) is 6.54 Å². The third kappa shape index (κ3) is 4.71. The van der Waals surface area contributed by atoms with Crippen LogP contribution in [-0.2, 0) is 4.74 Å². The Morgan fingerprint density at radius 1 is 1.58 bits per heavy atom. The van der Waals surface area contributed by atoms with E-state index in [9.17, 15) is 4.79 Å². The van der Waals surface area contributed by atoms with Crippen LogP contribution in [0.5, 0.6) is 0 Å². The number of hydrogen-bond donors (Lipinski definition) is 0. The van der Waals surface area contributed by atoms with Crippen LogP contribution in [0.25, 0.3) is 6.08 Å². The van der Waals surface area contributed by atoms with Crippen LogP contribution < -0.4 is 0 Å². The number of amides is 1. The first-order chi connectivity index (χ1) is 8.96. The molecule has 4 heteroatoms. The fourth-order valence-electron chi connectivity index (χ4n) is 1.85. The lowest BCUT2D eigenvalue weighted by Gasteiger charge is -2.19. The summed E-state index contributed by atoms with van der Waals surface area (Å²) in [7, 11) is 0. The maximum absolute atomic E-state index is 11.7. The van der Waals surface area contributed by atoms with Gasteiger partial charge in [-0.15, -0.1) is 0 Å². The lowest BCUT2D eigenvalue weighted by Crippen LogP contribution is -2.27. The second-order valence-corrected chi connectivity index (χ2v) is 6.60. The fourth-order valence-corrected chi connectivity index (χ4v) is 2.48. The number of carbonyl (C=O) groups is 1. The molecule has 104 valence electrons. The standard InChI is InChI=1S/C15H21NO2S/c1-15(2,3)18-14(17)16-10-13(16)7-5-4-6-12-8-9-19-11-12/h4,6,8-9,11,13H,5,7,10H2,1-3H3/b6-4+/t13-,16?/m0/s1. The molecule has 1 aliphatic heterocycles. The van der Waals surface area contributed by atoms with Crippen LogP contribution in [0.2, 0.25) is 0 Å². The third-order valence-electron chi connectivity index (χ3n) is 2.86. The lowest BCUT2D eigenvalue weighted by atomic mass is 10.2. The van der Waals surface area contributed by atoms with E-state index >= 15 is 0 Å². The number of rotatable bonds is 4. The predicted molar refractivity (Wildman–Crippen MR) is 79.3 cm³/mol. The van der Waals surface area contributed by atoms with Gasteiger partial charge in [-0.1, -0.05) is 12.2 Å². The number of ether oxygens (including phenoxy) is 1. The molecular weight excluding hydrogens is 258 g/mol. The lowest BCUT2D eigenvalue weighted by molar-refractivity contribution is 0.0406. The van der Waals surface area contributed by atoms with Crippen molar-refractivity contribution >= 4 is 23.5 Å². The minimum absolute atomic E-state index is 0.181. The van der Waals surface area contributed by atoms with Crippen LogP contribution >= 0.6 is 11.3 Å².